The normalized spacial score (nSPS) is 13.2. The number of carboxylic acid groups (broad SMARTS) is 1. The Morgan fingerprint density at radius 2 is 1.71 bits per heavy atom. The van der Waals surface area contributed by atoms with Crippen molar-refractivity contribution < 1.29 is 42.0 Å². The molecule has 3 aromatic rings. The number of nitrogens with one attached hydrogen (secondary N) is 1. The lowest BCUT2D eigenvalue weighted by molar-refractivity contribution is -0.253. The Bertz CT molecular complexity index is 1080. The van der Waals surface area contributed by atoms with Gasteiger partial charge in [0, 0.05) is 0 Å². The van der Waals surface area contributed by atoms with Crippen molar-refractivity contribution in [1.82, 2.24) is 10.3 Å². The van der Waals surface area contributed by atoms with Gasteiger partial charge < -0.3 is 25.0 Å². The Morgan fingerprint density at radius 1 is 1.00 bits per heavy atom. The van der Waals surface area contributed by atoms with E-state index in [9.17, 15) is 27.5 Å². The molecule has 11 heteroatoms. The first-order valence-electron chi connectivity index (χ1n) is 9.94. The van der Waals surface area contributed by atoms with Crippen LogP contribution >= 0.6 is 0 Å². The molecule has 0 unspecified atom stereocenters. The first-order valence-corrected chi connectivity index (χ1v) is 9.94. The smallest absolute Gasteiger partial charge is 0.461 e. The average Bonchev–Trinajstić information content (AvgIpc) is 2.79. The standard InChI is InChI=1S/C23H20F4N2O5/c24-21(25)23(26,27)34-16-8-4-5-14(11-16)12-19(29-22(31)32)20(30)18-10-9-17(13-28-18)33-15-6-2-1-3-7-15/h1-11,13,19-21,29-30H,12H2,(H,31,32)/t19-,20+/m0/s1. The zero-order chi connectivity index (χ0) is 24.7. The first-order chi connectivity index (χ1) is 16.1. The van der Waals surface area contributed by atoms with Crippen LogP contribution in [0.1, 0.15) is 17.4 Å². The molecule has 2 atom stereocenters. The van der Waals surface area contributed by atoms with Crippen LogP contribution in [0.4, 0.5) is 22.4 Å². The zero-order valence-corrected chi connectivity index (χ0v) is 17.4. The molecule has 0 spiro atoms. The number of nitrogens with zero attached hydrogens (tertiary/aromatic N) is 1. The molecule has 0 aliphatic rings. The van der Waals surface area contributed by atoms with Crippen LogP contribution in [-0.2, 0) is 6.42 Å². The number of benzene rings is 2. The molecule has 3 N–H and O–H groups in total. The van der Waals surface area contributed by atoms with Gasteiger partial charge in [0.2, 0.25) is 0 Å². The number of ether oxygens (including phenoxy) is 2. The van der Waals surface area contributed by atoms with Gasteiger partial charge in [-0.3, -0.25) is 4.98 Å². The van der Waals surface area contributed by atoms with Crippen molar-refractivity contribution >= 4 is 6.09 Å². The van der Waals surface area contributed by atoms with Crippen molar-refractivity contribution in [2.24, 2.45) is 0 Å². The number of hydrogen-bond donors (Lipinski definition) is 3. The summed E-state index contributed by atoms with van der Waals surface area (Å²) in [5.74, 6) is 0.421. The lowest BCUT2D eigenvalue weighted by Gasteiger charge is -2.23. The second kappa shape index (κ2) is 10.8. The third-order valence-electron chi connectivity index (χ3n) is 4.59. The fourth-order valence-electron chi connectivity index (χ4n) is 3.05. The topological polar surface area (TPSA) is 101 Å². The van der Waals surface area contributed by atoms with Gasteiger partial charge in [0.15, 0.2) is 0 Å². The van der Waals surface area contributed by atoms with Crippen molar-refractivity contribution in [2.45, 2.75) is 31.1 Å². The van der Waals surface area contributed by atoms with E-state index in [1.807, 2.05) is 6.07 Å². The van der Waals surface area contributed by atoms with Gasteiger partial charge in [-0.05, 0) is 48.4 Å². The maximum atomic E-state index is 13.2. The number of para-hydroxylation sites is 1. The molecule has 2 aromatic carbocycles. The predicted octanol–water partition coefficient (Wildman–Crippen LogP) is 5.02. The largest absolute Gasteiger partial charge is 0.465 e. The van der Waals surface area contributed by atoms with Crippen molar-refractivity contribution in [3.8, 4) is 17.2 Å². The molecule has 1 aromatic heterocycles. The van der Waals surface area contributed by atoms with Crippen LogP contribution in [0.25, 0.3) is 0 Å². The third kappa shape index (κ3) is 6.82. The van der Waals surface area contributed by atoms with Gasteiger partial charge in [0.1, 0.15) is 23.4 Å². The molecule has 1 heterocycles. The average molecular weight is 480 g/mol. The summed E-state index contributed by atoms with van der Waals surface area (Å²) in [5.41, 5.74) is 0.375. The van der Waals surface area contributed by atoms with Crippen LogP contribution in [0.15, 0.2) is 72.9 Å². The van der Waals surface area contributed by atoms with Crippen LogP contribution < -0.4 is 14.8 Å². The number of amides is 1. The number of rotatable bonds is 10. The van der Waals surface area contributed by atoms with Crippen LogP contribution in [0, 0.1) is 0 Å². The highest BCUT2D eigenvalue weighted by Gasteiger charge is 2.44. The highest BCUT2D eigenvalue weighted by Crippen LogP contribution is 2.29. The molecule has 0 aliphatic carbocycles. The lowest BCUT2D eigenvalue weighted by Crippen LogP contribution is -2.40. The van der Waals surface area contributed by atoms with Gasteiger partial charge in [-0.1, -0.05) is 30.3 Å². The van der Waals surface area contributed by atoms with Crippen LogP contribution in [0.3, 0.4) is 0 Å². The lowest BCUT2D eigenvalue weighted by atomic mass is 9.98. The van der Waals surface area contributed by atoms with E-state index in [0.717, 1.165) is 12.1 Å². The van der Waals surface area contributed by atoms with E-state index < -0.39 is 36.5 Å². The summed E-state index contributed by atoms with van der Waals surface area (Å²) in [4.78, 5) is 15.4. The van der Waals surface area contributed by atoms with Crippen LogP contribution in [-0.4, -0.2) is 39.9 Å². The van der Waals surface area contributed by atoms with E-state index >= 15 is 0 Å². The molecular formula is C23H20F4N2O5. The highest BCUT2D eigenvalue weighted by molar-refractivity contribution is 5.65. The summed E-state index contributed by atoms with van der Waals surface area (Å²) in [6.07, 6.45) is -10.4. The van der Waals surface area contributed by atoms with E-state index in [0.29, 0.717) is 11.5 Å². The summed E-state index contributed by atoms with van der Waals surface area (Å²) in [5, 5.41) is 22.0. The Labute approximate surface area is 191 Å². The maximum Gasteiger partial charge on any atom is 0.461 e. The second-order valence-corrected chi connectivity index (χ2v) is 7.15. The number of alkyl halides is 4. The zero-order valence-electron chi connectivity index (χ0n) is 17.4. The van der Waals surface area contributed by atoms with E-state index in [-0.39, 0.29) is 17.7 Å². The molecule has 0 saturated carbocycles. The summed E-state index contributed by atoms with van der Waals surface area (Å²) >= 11 is 0. The maximum absolute atomic E-state index is 13.2. The van der Waals surface area contributed by atoms with Gasteiger partial charge in [0.05, 0.1) is 17.9 Å². The Hall–Kier alpha value is -3.86. The molecule has 180 valence electrons. The Kier molecular flexibility index (Phi) is 7.90. The molecule has 0 radical (unpaired) electrons. The monoisotopic (exact) mass is 480 g/mol. The summed E-state index contributed by atoms with van der Waals surface area (Å²) in [6, 6.07) is 15.6. The molecule has 0 bridgehead atoms. The molecule has 0 saturated heterocycles. The van der Waals surface area contributed by atoms with Gasteiger partial charge in [0.25, 0.3) is 0 Å². The quantitative estimate of drug-likeness (QED) is 0.352. The van der Waals surface area contributed by atoms with E-state index in [4.69, 9.17) is 9.84 Å². The van der Waals surface area contributed by atoms with Crippen molar-refractivity contribution in [2.75, 3.05) is 0 Å². The Morgan fingerprint density at radius 3 is 2.32 bits per heavy atom. The molecule has 1 amide bonds. The molecule has 0 fully saturated rings. The molecule has 34 heavy (non-hydrogen) atoms. The second-order valence-electron chi connectivity index (χ2n) is 7.15. The molecular weight excluding hydrogens is 460 g/mol. The van der Waals surface area contributed by atoms with E-state index in [1.54, 1.807) is 24.3 Å². The minimum absolute atomic E-state index is 0.121. The van der Waals surface area contributed by atoms with E-state index in [2.05, 4.69) is 15.0 Å². The summed E-state index contributed by atoms with van der Waals surface area (Å²) < 4.78 is 60.9. The van der Waals surface area contributed by atoms with Gasteiger partial charge in [-0.25, -0.2) is 4.79 Å². The van der Waals surface area contributed by atoms with Crippen LogP contribution in [0.2, 0.25) is 0 Å². The molecule has 7 nitrogen and oxygen atoms in total. The minimum Gasteiger partial charge on any atom is -0.465 e. The van der Waals surface area contributed by atoms with Crippen molar-refractivity contribution in [1.29, 1.82) is 0 Å². The number of aromatic nitrogens is 1. The van der Waals surface area contributed by atoms with E-state index in [1.165, 1.54) is 30.5 Å². The van der Waals surface area contributed by atoms with Gasteiger partial charge in [-0.2, -0.15) is 17.6 Å². The SMILES string of the molecule is O=C(O)N[C@@H](Cc1cccc(OC(F)(F)C(F)F)c1)[C@H](O)c1ccc(Oc2ccccc2)cn1. The fourth-order valence-corrected chi connectivity index (χ4v) is 3.05. The number of hydrogen-bond acceptors (Lipinski definition) is 5. The van der Waals surface area contributed by atoms with Crippen molar-refractivity contribution in [3.05, 3.63) is 84.2 Å². The third-order valence-corrected chi connectivity index (χ3v) is 4.59. The number of carbonyl (C=O) groups is 1. The minimum atomic E-state index is -4.69. The predicted molar refractivity (Wildman–Crippen MR) is 112 cm³/mol. The summed E-state index contributed by atoms with van der Waals surface area (Å²) in [7, 11) is 0. The van der Waals surface area contributed by atoms with Crippen molar-refractivity contribution in [3.63, 3.8) is 0 Å². The number of aliphatic hydroxyl groups is 1. The number of halogens is 4. The van der Waals surface area contributed by atoms with Crippen LogP contribution in [0.5, 0.6) is 17.2 Å². The Balaban J connectivity index is 1.74. The van der Waals surface area contributed by atoms with Gasteiger partial charge >= 0.3 is 18.6 Å². The highest BCUT2D eigenvalue weighted by atomic mass is 19.3. The fraction of sp³-hybridized carbons (Fsp3) is 0.217. The number of aliphatic hydroxyl groups excluding tert-OH is 1. The number of pyridine rings is 1. The summed E-state index contributed by atoms with van der Waals surface area (Å²) in [6.45, 7) is 0. The first kappa shape index (κ1) is 24.8. The van der Waals surface area contributed by atoms with Gasteiger partial charge in [-0.15, -0.1) is 0 Å². The molecule has 0 aliphatic heterocycles. The molecule has 3 rings (SSSR count).